The van der Waals surface area contributed by atoms with E-state index in [2.05, 4.69) is 10.6 Å². The molecule has 7 heteroatoms. The highest BCUT2D eigenvalue weighted by Crippen LogP contribution is 2.43. The summed E-state index contributed by atoms with van der Waals surface area (Å²) in [6.45, 7) is 4.38. The van der Waals surface area contributed by atoms with E-state index >= 15 is 0 Å². The molecule has 1 aromatic rings. The number of rotatable bonds is 2. The predicted molar refractivity (Wildman–Crippen MR) is 68.9 cm³/mol. The second-order valence-corrected chi connectivity index (χ2v) is 5.05. The fourth-order valence-corrected chi connectivity index (χ4v) is 1.88. The quantitative estimate of drug-likeness (QED) is 0.879. The van der Waals surface area contributed by atoms with Crippen molar-refractivity contribution >= 4 is 17.3 Å². The molecule has 2 N–H and O–H groups in total. The number of benzene rings is 1. The number of carbonyl (C=O) groups excluding carboxylic acids is 1. The number of ether oxygens (including phenoxy) is 1. The van der Waals surface area contributed by atoms with Crippen LogP contribution in [-0.4, -0.2) is 23.7 Å². The Morgan fingerprint density at radius 1 is 1.30 bits per heavy atom. The van der Waals surface area contributed by atoms with Crippen molar-refractivity contribution < 1.29 is 22.7 Å². The lowest BCUT2D eigenvalue weighted by atomic mass is 9.96. The molecular formula is C13H15F3N2O2. The van der Waals surface area contributed by atoms with Crippen LogP contribution >= 0.6 is 0 Å². The average molecular weight is 288 g/mol. The molecule has 110 valence electrons. The van der Waals surface area contributed by atoms with E-state index in [1.165, 1.54) is 6.07 Å². The highest BCUT2D eigenvalue weighted by Gasteiger charge is 2.59. The lowest BCUT2D eigenvalue weighted by molar-refractivity contribution is -0.179. The van der Waals surface area contributed by atoms with E-state index in [1.54, 1.807) is 26.0 Å². The van der Waals surface area contributed by atoms with Gasteiger partial charge in [0.15, 0.2) is 0 Å². The van der Waals surface area contributed by atoms with Gasteiger partial charge in [-0.3, -0.25) is 4.79 Å². The van der Waals surface area contributed by atoms with E-state index < -0.39 is 17.6 Å². The largest absolute Gasteiger partial charge is 0.489 e. The number of para-hydroxylation sites is 1. The minimum atomic E-state index is -4.70. The Balaban J connectivity index is 2.44. The average Bonchev–Trinajstić information content (AvgIpc) is 2.29. The van der Waals surface area contributed by atoms with Gasteiger partial charge in [-0.2, -0.15) is 13.2 Å². The summed E-state index contributed by atoms with van der Waals surface area (Å²) in [7, 11) is 0. The molecule has 0 saturated heterocycles. The molecule has 0 aliphatic carbocycles. The molecule has 1 unspecified atom stereocenters. The van der Waals surface area contributed by atoms with Crippen LogP contribution in [0, 0.1) is 0 Å². The maximum absolute atomic E-state index is 13.0. The molecule has 20 heavy (non-hydrogen) atoms. The van der Waals surface area contributed by atoms with E-state index in [4.69, 9.17) is 4.74 Å². The SMILES string of the molecule is CC(C)Oc1cccc2c1NC(=O)C(C)(C(F)(F)F)N2. The van der Waals surface area contributed by atoms with Crippen LogP contribution in [0.2, 0.25) is 0 Å². The van der Waals surface area contributed by atoms with Gasteiger partial charge in [0, 0.05) is 0 Å². The van der Waals surface area contributed by atoms with Crippen molar-refractivity contribution in [3.05, 3.63) is 18.2 Å². The Hall–Kier alpha value is -1.92. The van der Waals surface area contributed by atoms with Crippen LogP contribution in [0.25, 0.3) is 0 Å². The van der Waals surface area contributed by atoms with Crippen molar-refractivity contribution in [2.45, 2.75) is 38.6 Å². The van der Waals surface area contributed by atoms with Gasteiger partial charge in [0.2, 0.25) is 5.54 Å². The third kappa shape index (κ3) is 2.28. The van der Waals surface area contributed by atoms with E-state index in [0.717, 1.165) is 6.92 Å². The van der Waals surface area contributed by atoms with Crippen molar-refractivity contribution in [2.24, 2.45) is 0 Å². The molecule has 1 aromatic carbocycles. The molecule has 1 aliphatic heterocycles. The summed E-state index contributed by atoms with van der Waals surface area (Å²) < 4.78 is 44.6. The summed E-state index contributed by atoms with van der Waals surface area (Å²) >= 11 is 0. The van der Waals surface area contributed by atoms with Crippen LogP contribution in [0.4, 0.5) is 24.5 Å². The van der Waals surface area contributed by atoms with Crippen LogP contribution in [-0.2, 0) is 4.79 Å². The van der Waals surface area contributed by atoms with Crippen LogP contribution in [0.3, 0.4) is 0 Å². The van der Waals surface area contributed by atoms with Gasteiger partial charge < -0.3 is 15.4 Å². The first-order chi connectivity index (χ1) is 9.15. The molecule has 1 heterocycles. The van der Waals surface area contributed by atoms with Crippen molar-refractivity contribution in [2.75, 3.05) is 10.6 Å². The second kappa shape index (κ2) is 4.57. The molecular weight excluding hydrogens is 273 g/mol. The summed E-state index contributed by atoms with van der Waals surface area (Å²) in [6.07, 6.45) is -4.86. The van der Waals surface area contributed by atoms with Crippen LogP contribution < -0.4 is 15.4 Å². The van der Waals surface area contributed by atoms with Gasteiger partial charge in [-0.1, -0.05) is 6.07 Å². The normalized spacial score (nSPS) is 22.1. The van der Waals surface area contributed by atoms with Crippen molar-refractivity contribution in [3.63, 3.8) is 0 Å². The summed E-state index contributed by atoms with van der Waals surface area (Å²) in [4.78, 5) is 11.8. The highest BCUT2D eigenvalue weighted by atomic mass is 19.4. The molecule has 0 saturated carbocycles. The number of hydrogen-bond acceptors (Lipinski definition) is 3. The first-order valence-electron chi connectivity index (χ1n) is 6.11. The number of nitrogens with one attached hydrogen (secondary N) is 2. The van der Waals surface area contributed by atoms with Crippen LogP contribution in [0.5, 0.6) is 5.75 Å². The fourth-order valence-electron chi connectivity index (χ4n) is 1.88. The lowest BCUT2D eigenvalue weighted by Crippen LogP contribution is -2.60. The van der Waals surface area contributed by atoms with Crippen LogP contribution in [0.1, 0.15) is 20.8 Å². The predicted octanol–water partition coefficient (Wildman–Crippen LogP) is 3.16. The summed E-state index contributed by atoms with van der Waals surface area (Å²) in [6, 6.07) is 4.63. The highest BCUT2D eigenvalue weighted by molar-refractivity contribution is 6.07. The first kappa shape index (κ1) is 14.5. The molecule has 0 radical (unpaired) electrons. The minimum absolute atomic E-state index is 0.158. The Labute approximate surface area is 114 Å². The summed E-state index contributed by atoms with van der Waals surface area (Å²) in [5.74, 6) is -0.820. The second-order valence-electron chi connectivity index (χ2n) is 5.05. The molecule has 1 aliphatic rings. The van der Waals surface area contributed by atoms with E-state index in [0.29, 0.717) is 5.75 Å². The summed E-state index contributed by atoms with van der Waals surface area (Å²) in [5.41, 5.74) is -2.24. The van der Waals surface area contributed by atoms with E-state index in [9.17, 15) is 18.0 Å². The lowest BCUT2D eigenvalue weighted by Gasteiger charge is -2.37. The number of carbonyl (C=O) groups is 1. The van der Waals surface area contributed by atoms with Gasteiger partial charge >= 0.3 is 6.18 Å². The molecule has 4 nitrogen and oxygen atoms in total. The molecule has 0 spiro atoms. The zero-order valence-electron chi connectivity index (χ0n) is 11.3. The van der Waals surface area contributed by atoms with Crippen molar-refractivity contribution in [3.8, 4) is 5.75 Å². The first-order valence-corrected chi connectivity index (χ1v) is 6.11. The van der Waals surface area contributed by atoms with Gasteiger partial charge in [0.1, 0.15) is 11.4 Å². The Kier molecular flexibility index (Phi) is 3.31. The Morgan fingerprint density at radius 2 is 1.95 bits per heavy atom. The Bertz CT molecular complexity index is 543. The third-order valence-corrected chi connectivity index (χ3v) is 3.03. The van der Waals surface area contributed by atoms with Crippen LogP contribution in [0.15, 0.2) is 18.2 Å². The van der Waals surface area contributed by atoms with Gasteiger partial charge in [-0.25, -0.2) is 0 Å². The van der Waals surface area contributed by atoms with Crippen molar-refractivity contribution in [1.29, 1.82) is 0 Å². The number of amides is 1. The number of hydrogen-bond donors (Lipinski definition) is 2. The zero-order valence-corrected chi connectivity index (χ0v) is 11.3. The molecule has 1 amide bonds. The monoisotopic (exact) mass is 288 g/mol. The topological polar surface area (TPSA) is 50.4 Å². The Morgan fingerprint density at radius 3 is 2.50 bits per heavy atom. The van der Waals surface area contributed by atoms with Gasteiger partial charge in [-0.05, 0) is 32.9 Å². The smallest absolute Gasteiger partial charge is 0.420 e. The fraction of sp³-hybridized carbons (Fsp3) is 0.462. The standard InChI is InChI=1S/C13H15F3N2O2/c1-7(2)20-9-6-4-5-8-10(9)17-11(19)12(3,18-8)13(14,15)16/h4-7,18H,1-3H3,(H,17,19). The molecule has 0 aromatic heterocycles. The third-order valence-electron chi connectivity index (χ3n) is 3.03. The van der Waals surface area contributed by atoms with Gasteiger partial charge in [-0.15, -0.1) is 0 Å². The maximum Gasteiger partial charge on any atom is 0.420 e. The maximum atomic E-state index is 13.0. The minimum Gasteiger partial charge on any atom is -0.489 e. The zero-order chi connectivity index (χ0) is 15.1. The number of alkyl halides is 3. The molecule has 2 rings (SSSR count). The van der Waals surface area contributed by atoms with Crippen molar-refractivity contribution in [1.82, 2.24) is 0 Å². The van der Waals surface area contributed by atoms with Gasteiger partial charge in [0.25, 0.3) is 5.91 Å². The number of halogens is 3. The van der Waals surface area contributed by atoms with E-state index in [1.807, 2.05) is 0 Å². The molecule has 0 bridgehead atoms. The summed E-state index contributed by atoms with van der Waals surface area (Å²) in [5, 5.41) is 4.54. The molecule has 1 atom stereocenters. The van der Waals surface area contributed by atoms with E-state index in [-0.39, 0.29) is 17.5 Å². The number of fused-ring (bicyclic) bond motifs is 1. The van der Waals surface area contributed by atoms with Gasteiger partial charge in [0.05, 0.1) is 11.8 Å². The molecule has 0 fully saturated rings. The number of anilines is 2.